The predicted molar refractivity (Wildman–Crippen MR) is 64.7 cm³/mol. The topological polar surface area (TPSA) is 0 Å². The first-order chi connectivity index (χ1) is 7.25. The Balaban J connectivity index is 2.28. The number of hydrogen-bond donors (Lipinski definition) is 0. The van der Waals surface area contributed by atoms with Gasteiger partial charge in [-0.25, -0.2) is 4.39 Å². The second-order valence-electron chi connectivity index (χ2n) is 2.99. The van der Waals surface area contributed by atoms with Gasteiger partial charge < -0.3 is 0 Å². The Morgan fingerprint density at radius 3 is 2.47 bits per heavy atom. The van der Waals surface area contributed by atoms with Crippen LogP contribution in [0.25, 0.3) is 0 Å². The van der Waals surface area contributed by atoms with E-state index >= 15 is 0 Å². The van der Waals surface area contributed by atoms with E-state index in [1.54, 1.807) is 12.1 Å². The van der Waals surface area contributed by atoms with E-state index in [1.165, 1.54) is 17.8 Å². The summed E-state index contributed by atoms with van der Waals surface area (Å²) >= 11 is 4.75. The van der Waals surface area contributed by atoms with Crippen LogP contribution in [0.4, 0.5) is 4.39 Å². The quantitative estimate of drug-likeness (QED) is 0.767. The summed E-state index contributed by atoms with van der Waals surface area (Å²) in [5, 5.41) is 0. The van der Waals surface area contributed by atoms with Gasteiger partial charge in [-0.2, -0.15) is 0 Å². The van der Waals surface area contributed by atoms with Crippen molar-refractivity contribution in [1.82, 2.24) is 0 Å². The lowest BCUT2D eigenvalue weighted by atomic mass is 10.3. The highest BCUT2D eigenvalue weighted by Gasteiger charge is 2.04. The van der Waals surface area contributed by atoms with Crippen LogP contribution in [-0.2, 0) is 0 Å². The van der Waals surface area contributed by atoms with Crippen molar-refractivity contribution in [2.75, 3.05) is 0 Å². The van der Waals surface area contributed by atoms with Crippen molar-refractivity contribution in [1.29, 1.82) is 0 Å². The molecule has 76 valence electrons. The van der Waals surface area contributed by atoms with Crippen LogP contribution in [0.15, 0.2) is 62.8 Å². The maximum Gasteiger partial charge on any atom is 0.137 e. The van der Waals surface area contributed by atoms with E-state index in [9.17, 15) is 4.39 Å². The standard InChI is InChI=1S/C12H8BrFS/c13-9-6-7-11(14)12(8-9)15-10-4-2-1-3-5-10/h1-8H. The summed E-state index contributed by atoms with van der Waals surface area (Å²) in [7, 11) is 0. The summed E-state index contributed by atoms with van der Waals surface area (Å²) in [6.45, 7) is 0. The molecule has 0 unspecified atom stereocenters. The number of hydrogen-bond acceptors (Lipinski definition) is 1. The largest absolute Gasteiger partial charge is 0.206 e. The van der Waals surface area contributed by atoms with Crippen LogP contribution in [0.3, 0.4) is 0 Å². The van der Waals surface area contributed by atoms with E-state index in [2.05, 4.69) is 15.9 Å². The van der Waals surface area contributed by atoms with E-state index in [0.717, 1.165) is 9.37 Å². The molecule has 2 rings (SSSR count). The molecule has 0 aliphatic heterocycles. The lowest BCUT2D eigenvalue weighted by Gasteiger charge is -2.03. The number of rotatable bonds is 2. The van der Waals surface area contributed by atoms with E-state index in [0.29, 0.717) is 4.90 Å². The molecule has 0 heterocycles. The summed E-state index contributed by atoms with van der Waals surface area (Å²) in [4.78, 5) is 1.67. The van der Waals surface area contributed by atoms with Crippen LogP contribution in [0.2, 0.25) is 0 Å². The van der Waals surface area contributed by atoms with Crippen molar-refractivity contribution >= 4 is 27.7 Å². The molecule has 2 aromatic rings. The zero-order valence-electron chi connectivity index (χ0n) is 7.78. The molecule has 0 nitrogen and oxygen atoms in total. The maximum absolute atomic E-state index is 13.4. The van der Waals surface area contributed by atoms with Gasteiger partial charge in [0.2, 0.25) is 0 Å². The van der Waals surface area contributed by atoms with Crippen LogP contribution in [-0.4, -0.2) is 0 Å². The minimum atomic E-state index is -0.188. The summed E-state index contributed by atoms with van der Waals surface area (Å²) in [5.41, 5.74) is 0. The first kappa shape index (κ1) is 10.7. The summed E-state index contributed by atoms with van der Waals surface area (Å²) in [6.07, 6.45) is 0. The maximum atomic E-state index is 13.4. The summed E-state index contributed by atoms with van der Waals surface area (Å²) in [6, 6.07) is 14.7. The van der Waals surface area contributed by atoms with Gasteiger partial charge in [-0.15, -0.1) is 0 Å². The van der Waals surface area contributed by atoms with E-state index in [-0.39, 0.29) is 5.82 Å². The third-order valence-electron chi connectivity index (χ3n) is 1.86. The molecule has 0 aliphatic rings. The van der Waals surface area contributed by atoms with Crippen molar-refractivity contribution in [3.05, 3.63) is 58.8 Å². The average Bonchev–Trinajstić information content (AvgIpc) is 2.25. The Kier molecular flexibility index (Phi) is 3.44. The van der Waals surface area contributed by atoms with Gasteiger partial charge in [0.15, 0.2) is 0 Å². The second-order valence-corrected chi connectivity index (χ2v) is 5.02. The molecule has 0 saturated carbocycles. The molecule has 0 N–H and O–H groups in total. The SMILES string of the molecule is Fc1ccc(Br)cc1Sc1ccccc1. The molecule has 15 heavy (non-hydrogen) atoms. The molecule has 0 aromatic heterocycles. The van der Waals surface area contributed by atoms with Gasteiger partial charge in [0, 0.05) is 14.3 Å². The van der Waals surface area contributed by atoms with Crippen molar-refractivity contribution < 1.29 is 4.39 Å². The molecule has 0 amide bonds. The van der Waals surface area contributed by atoms with Crippen molar-refractivity contribution in [3.63, 3.8) is 0 Å². The van der Waals surface area contributed by atoms with Gasteiger partial charge in [0.05, 0.1) is 0 Å². The zero-order valence-corrected chi connectivity index (χ0v) is 10.2. The monoisotopic (exact) mass is 282 g/mol. The molecule has 3 heteroatoms. The van der Waals surface area contributed by atoms with Crippen molar-refractivity contribution in [2.45, 2.75) is 9.79 Å². The molecule has 2 aromatic carbocycles. The van der Waals surface area contributed by atoms with Crippen molar-refractivity contribution in [3.8, 4) is 0 Å². The first-order valence-corrected chi connectivity index (χ1v) is 6.04. The van der Waals surface area contributed by atoms with E-state index in [1.807, 2.05) is 30.3 Å². The number of halogens is 2. The Labute approximate surface area is 101 Å². The van der Waals surface area contributed by atoms with E-state index < -0.39 is 0 Å². The third-order valence-corrected chi connectivity index (χ3v) is 3.40. The molecule has 0 aliphatic carbocycles. The van der Waals surface area contributed by atoms with Crippen LogP contribution in [0.1, 0.15) is 0 Å². The lowest BCUT2D eigenvalue weighted by Crippen LogP contribution is -1.80. The van der Waals surface area contributed by atoms with Gasteiger partial charge in [0.25, 0.3) is 0 Å². The molecule has 0 saturated heterocycles. The number of benzene rings is 2. The van der Waals surface area contributed by atoms with Crippen LogP contribution in [0, 0.1) is 5.82 Å². The van der Waals surface area contributed by atoms with Gasteiger partial charge in [-0.05, 0) is 30.3 Å². The molecule has 0 atom stereocenters. The Morgan fingerprint density at radius 2 is 1.73 bits per heavy atom. The Morgan fingerprint density at radius 1 is 1.00 bits per heavy atom. The van der Waals surface area contributed by atoms with E-state index in [4.69, 9.17) is 0 Å². The second kappa shape index (κ2) is 4.81. The van der Waals surface area contributed by atoms with Crippen LogP contribution < -0.4 is 0 Å². The summed E-state index contributed by atoms with van der Waals surface area (Å²) in [5.74, 6) is -0.188. The minimum absolute atomic E-state index is 0.188. The molecule has 0 radical (unpaired) electrons. The lowest BCUT2D eigenvalue weighted by molar-refractivity contribution is 0.601. The highest BCUT2D eigenvalue weighted by Crippen LogP contribution is 2.31. The molecular formula is C12H8BrFS. The Hall–Kier alpha value is -0.800. The minimum Gasteiger partial charge on any atom is -0.206 e. The molecule has 0 spiro atoms. The Bertz CT molecular complexity index is 456. The van der Waals surface area contributed by atoms with Crippen LogP contribution >= 0.6 is 27.7 Å². The molecular weight excluding hydrogens is 275 g/mol. The predicted octanol–water partition coefficient (Wildman–Crippen LogP) is 4.74. The van der Waals surface area contributed by atoms with Gasteiger partial charge in [0.1, 0.15) is 5.82 Å². The molecule has 0 fully saturated rings. The molecule has 0 bridgehead atoms. The van der Waals surface area contributed by atoms with Gasteiger partial charge >= 0.3 is 0 Å². The zero-order chi connectivity index (χ0) is 10.7. The highest BCUT2D eigenvalue weighted by molar-refractivity contribution is 9.10. The smallest absolute Gasteiger partial charge is 0.137 e. The average molecular weight is 283 g/mol. The van der Waals surface area contributed by atoms with Crippen molar-refractivity contribution in [2.24, 2.45) is 0 Å². The normalized spacial score (nSPS) is 10.3. The fourth-order valence-corrected chi connectivity index (χ4v) is 2.58. The fourth-order valence-electron chi connectivity index (χ4n) is 1.17. The highest BCUT2D eigenvalue weighted by atomic mass is 79.9. The van der Waals surface area contributed by atoms with Gasteiger partial charge in [-0.1, -0.05) is 45.9 Å². The fraction of sp³-hybridized carbons (Fsp3) is 0. The van der Waals surface area contributed by atoms with Crippen LogP contribution in [0.5, 0.6) is 0 Å². The summed E-state index contributed by atoms with van der Waals surface area (Å²) < 4.78 is 14.3. The van der Waals surface area contributed by atoms with Gasteiger partial charge in [-0.3, -0.25) is 0 Å². The third kappa shape index (κ3) is 2.83. The first-order valence-electron chi connectivity index (χ1n) is 4.43.